The molecule has 0 aromatic heterocycles. The quantitative estimate of drug-likeness (QED) is 0.481. The molecule has 1 unspecified atom stereocenters. The van der Waals surface area contributed by atoms with E-state index in [1.54, 1.807) is 0 Å². The minimum Gasteiger partial charge on any atom is -0.354 e. The van der Waals surface area contributed by atoms with Crippen molar-refractivity contribution in [2.24, 2.45) is 5.92 Å². The van der Waals surface area contributed by atoms with Crippen LogP contribution in [0, 0.1) is 12.0 Å². The number of fused-ring (bicyclic) bond motifs is 1. The molecule has 0 aliphatic carbocycles. The summed E-state index contributed by atoms with van der Waals surface area (Å²) < 4.78 is 0. The first-order valence-corrected chi connectivity index (χ1v) is 3.77. The van der Waals surface area contributed by atoms with Gasteiger partial charge in [0.05, 0.1) is 0 Å². The molecule has 2 rings (SSSR count). The molecule has 3 nitrogen and oxygen atoms in total. The first-order chi connectivity index (χ1) is 4.88. The molecule has 1 amide bonds. The zero-order chi connectivity index (χ0) is 6.97. The second-order valence-corrected chi connectivity index (χ2v) is 2.87. The van der Waals surface area contributed by atoms with E-state index < -0.39 is 0 Å². The van der Waals surface area contributed by atoms with Crippen LogP contribution in [-0.4, -0.2) is 19.0 Å². The second-order valence-electron chi connectivity index (χ2n) is 2.87. The van der Waals surface area contributed by atoms with Crippen LogP contribution in [-0.2, 0) is 4.79 Å². The lowest BCUT2D eigenvalue weighted by Crippen LogP contribution is -2.42. The molecule has 55 valence electrons. The standard InChI is InChI=1S/C7H11N2O/c10-7-6-5(1-3-8-6)2-4-9-7/h5,8H,1-4H2,(H,9,10). The molecule has 2 fully saturated rings. The lowest BCUT2D eigenvalue weighted by atomic mass is 9.93. The van der Waals surface area contributed by atoms with Gasteiger partial charge in [0.15, 0.2) is 0 Å². The topological polar surface area (TPSA) is 41.1 Å². The molecule has 0 saturated carbocycles. The minimum absolute atomic E-state index is 0.119. The van der Waals surface area contributed by atoms with Gasteiger partial charge < -0.3 is 10.6 Å². The number of rotatable bonds is 0. The van der Waals surface area contributed by atoms with Crippen LogP contribution in [0.25, 0.3) is 0 Å². The smallest absolute Gasteiger partial charge is 0.243 e. The maximum atomic E-state index is 11.1. The summed E-state index contributed by atoms with van der Waals surface area (Å²) in [6.45, 7) is 1.84. The highest BCUT2D eigenvalue weighted by atomic mass is 16.2. The van der Waals surface area contributed by atoms with Crippen LogP contribution in [0.4, 0.5) is 0 Å². The van der Waals surface area contributed by atoms with E-state index in [0.29, 0.717) is 5.92 Å². The van der Waals surface area contributed by atoms with Gasteiger partial charge in [-0.3, -0.25) is 4.79 Å². The summed E-state index contributed by atoms with van der Waals surface area (Å²) >= 11 is 0. The lowest BCUT2D eigenvalue weighted by Gasteiger charge is -2.23. The Bertz CT molecular complexity index is 158. The van der Waals surface area contributed by atoms with Crippen molar-refractivity contribution in [2.75, 3.05) is 13.1 Å². The van der Waals surface area contributed by atoms with E-state index in [-0.39, 0.29) is 5.91 Å². The summed E-state index contributed by atoms with van der Waals surface area (Å²) in [6, 6.07) is 0.922. The Kier molecular flexibility index (Phi) is 1.38. The lowest BCUT2D eigenvalue weighted by molar-refractivity contribution is -0.121. The molecule has 2 saturated heterocycles. The molecule has 0 aromatic rings. The predicted octanol–water partition coefficient (Wildman–Crippen LogP) is -0.352. The highest BCUT2D eigenvalue weighted by molar-refractivity contribution is 5.90. The van der Waals surface area contributed by atoms with Crippen molar-refractivity contribution >= 4 is 5.91 Å². The number of carbonyl (C=O) groups is 1. The molecule has 1 radical (unpaired) electrons. The monoisotopic (exact) mass is 139 g/mol. The zero-order valence-corrected chi connectivity index (χ0v) is 5.81. The summed E-state index contributed by atoms with van der Waals surface area (Å²) in [5, 5.41) is 5.93. The van der Waals surface area contributed by atoms with Gasteiger partial charge in [-0.2, -0.15) is 0 Å². The van der Waals surface area contributed by atoms with Crippen molar-refractivity contribution in [2.45, 2.75) is 12.8 Å². The molecule has 0 spiro atoms. The zero-order valence-electron chi connectivity index (χ0n) is 5.81. The molecule has 10 heavy (non-hydrogen) atoms. The number of carbonyl (C=O) groups excluding carboxylic acids is 1. The fourth-order valence-electron chi connectivity index (χ4n) is 1.68. The van der Waals surface area contributed by atoms with Gasteiger partial charge >= 0.3 is 0 Å². The van der Waals surface area contributed by atoms with E-state index in [9.17, 15) is 4.79 Å². The summed E-state index contributed by atoms with van der Waals surface area (Å²) in [4.78, 5) is 11.1. The molecule has 2 N–H and O–H groups in total. The van der Waals surface area contributed by atoms with Crippen molar-refractivity contribution in [3.63, 3.8) is 0 Å². The first-order valence-electron chi connectivity index (χ1n) is 3.77. The van der Waals surface area contributed by atoms with Crippen LogP contribution < -0.4 is 10.6 Å². The molecule has 1 atom stereocenters. The molecule has 2 heterocycles. The fourth-order valence-corrected chi connectivity index (χ4v) is 1.68. The van der Waals surface area contributed by atoms with E-state index in [2.05, 4.69) is 10.6 Å². The van der Waals surface area contributed by atoms with Crippen molar-refractivity contribution in [3.05, 3.63) is 6.04 Å². The molecule has 2 aliphatic rings. The summed E-state index contributed by atoms with van der Waals surface area (Å²) in [5.74, 6) is 0.655. The average Bonchev–Trinajstić information content (AvgIpc) is 2.36. The Labute approximate surface area is 60.2 Å². The van der Waals surface area contributed by atoms with Crippen molar-refractivity contribution < 1.29 is 4.79 Å². The number of amides is 1. The van der Waals surface area contributed by atoms with Crippen LogP contribution in [0.3, 0.4) is 0 Å². The summed E-state index contributed by atoms with van der Waals surface area (Å²) in [6.07, 6.45) is 2.26. The number of hydrogen-bond donors (Lipinski definition) is 2. The van der Waals surface area contributed by atoms with Crippen molar-refractivity contribution in [1.82, 2.24) is 10.6 Å². The van der Waals surface area contributed by atoms with Gasteiger partial charge in [0.2, 0.25) is 5.91 Å². The van der Waals surface area contributed by atoms with Gasteiger partial charge in [-0.05, 0) is 25.3 Å². The third-order valence-electron chi connectivity index (χ3n) is 2.24. The maximum absolute atomic E-state index is 11.1. The average molecular weight is 139 g/mol. The number of piperidine rings is 1. The molecule has 2 aliphatic heterocycles. The summed E-state index contributed by atoms with van der Waals surface area (Å²) in [5.41, 5.74) is 0. The third-order valence-corrected chi connectivity index (χ3v) is 2.24. The Morgan fingerprint density at radius 3 is 2.60 bits per heavy atom. The molecular weight excluding hydrogens is 128 g/mol. The number of nitrogens with one attached hydrogen (secondary N) is 2. The first kappa shape index (κ1) is 6.16. The van der Waals surface area contributed by atoms with E-state index >= 15 is 0 Å². The van der Waals surface area contributed by atoms with Crippen LogP contribution in [0.5, 0.6) is 0 Å². The van der Waals surface area contributed by atoms with E-state index in [0.717, 1.165) is 32.0 Å². The largest absolute Gasteiger partial charge is 0.354 e. The highest BCUT2D eigenvalue weighted by Crippen LogP contribution is 2.27. The molecule has 0 bridgehead atoms. The molecule has 0 aromatic carbocycles. The summed E-state index contributed by atoms with van der Waals surface area (Å²) in [7, 11) is 0. The van der Waals surface area contributed by atoms with Crippen molar-refractivity contribution in [3.8, 4) is 0 Å². The molecular formula is C7H11N2O. The fraction of sp³-hybridized carbons (Fsp3) is 0.714. The second kappa shape index (κ2) is 2.23. The minimum atomic E-state index is 0.119. The van der Waals surface area contributed by atoms with Gasteiger partial charge in [-0.25, -0.2) is 0 Å². The van der Waals surface area contributed by atoms with Gasteiger partial charge in [0, 0.05) is 6.54 Å². The van der Waals surface area contributed by atoms with E-state index in [1.807, 2.05) is 0 Å². The Morgan fingerprint density at radius 1 is 1.20 bits per heavy atom. The van der Waals surface area contributed by atoms with Crippen LogP contribution in [0.1, 0.15) is 12.8 Å². The van der Waals surface area contributed by atoms with Gasteiger partial charge in [0.1, 0.15) is 6.04 Å². The van der Waals surface area contributed by atoms with Crippen LogP contribution in [0.2, 0.25) is 0 Å². The Morgan fingerprint density at radius 2 is 1.90 bits per heavy atom. The Hall–Kier alpha value is -0.570. The number of hydrogen-bond acceptors (Lipinski definition) is 2. The Balaban J connectivity index is 2.10. The van der Waals surface area contributed by atoms with E-state index in [1.165, 1.54) is 0 Å². The third kappa shape index (κ3) is 0.814. The van der Waals surface area contributed by atoms with Crippen molar-refractivity contribution in [1.29, 1.82) is 0 Å². The van der Waals surface area contributed by atoms with Gasteiger partial charge in [0.25, 0.3) is 0 Å². The van der Waals surface area contributed by atoms with Gasteiger partial charge in [-0.15, -0.1) is 0 Å². The van der Waals surface area contributed by atoms with Crippen LogP contribution >= 0.6 is 0 Å². The SMILES string of the molecule is O=C1NCCC2CCN[C]12. The molecule has 3 heteroatoms. The normalized spacial score (nSPS) is 33.6. The maximum Gasteiger partial charge on any atom is 0.243 e. The predicted molar refractivity (Wildman–Crippen MR) is 37.0 cm³/mol. The van der Waals surface area contributed by atoms with E-state index in [4.69, 9.17) is 0 Å². The van der Waals surface area contributed by atoms with Crippen LogP contribution in [0.15, 0.2) is 0 Å². The highest BCUT2D eigenvalue weighted by Gasteiger charge is 2.36. The van der Waals surface area contributed by atoms with Gasteiger partial charge in [-0.1, -0.05) is 0 Å².